The van der Waals surface area contributed by atoms with Gasteiger partial charge in [0.15, 0.2) is 0 Å². The van der Waals surface area contributed by atoms with Crippen LogP contribution in [-0.4, -0.2) is 23.7 Å². The molecule has 59 heavy (non-hydrogen) atoms. The fourth-order valence-corrected chi connectivity index (χ4v) is 9.28. The maximum absolute atomic E-state index is 6.35. The number of benzene rings is 7. The lowest BCUT2D eigenvalue weighted by Gasteiger charge is -2.14. The van der Waals surface area contributed by atoms with E-state index >= 15 is 0 Å². The number of fused-ring (bicyclic) bond motifs is 10. The standard InChI is InChI=1S/C53H35N5O/c1-3-4-21-42-33(2)35-16-5-10-22-43(35)57(42)51-32-41(54-53(55-51)58-45-24-12-6-17-36(45)37-18-7-13-25-46(37)58)34-29-30-47-40(31-34)38-19-8-11-23-44(38)56(47)48-26-15-28-50-52(48)39-20-9-14-27-49(39)59-50/h3-32H,1H2,2H3/b21-4-. The van der Waals surface area contributed by atoms with Gasteiger partial charge < -0.3 is 8.98 Å². The van der Waals surface area contributed by atoms with Gasteiger partial charge in [-0.25, -0.2) is 4.98 Å². The number of furan rings is 1. The molecule has 12 rings (SSSR count). The van der Waals surface area contributed by atoms with Gasteiger partial charge in [0.1, 0.15) is 17.0 Å². The van der Waals surface area contributed by atoms with Crippen molar-refractivity contribution in [2.45, 2.75) is 6.92 Å². The lowest BCUT2D eigenvalue weighted by Crippen LogP contribution is -2.08. The Balaban J connectivity index is 1.15. The van der Waals surface area contributed by atoms with Crippen LogP contribution in [0.4, 0.5) is 0 Å². The van der Waals surface area contributed by atoms with Gasteiger partial charge in [-0.3, -0.25) is 9.13 Å². The molecule has 0 saturated carbocycles. The van der Waals surface area contributed by atoms with Gasteiger partial charge in [0.05, 0.1) is 50.0 Å². The van der Waals surface area contributed by atoms with Crippen LogP contribution in [0.3, 0.4) is 0 Å². The number of aryl methyl sites for hydroxylation is 1. The molecule has 6 heteroatoms. The minimum Gasteiger partial charge on any atom is -0.456 e. The normalized spacial score (nSPS) is 12.2. The third-order valence-electron chi connectivity index (χ3n) is 11.9. The Bertz CT molecular complexity index is 3670. The number of rotatable bonds is 6. The van der Waals surface area contributed by atoms with E-state index in [9.17, 15) is 0 Å². The molecule has 0 spiro atoms. The van der Waals surface area contributed by atoms with Crippen LogP contribution in [0, 0.1) is 6.92 Å². The maximum atomic E-state index is 6.35. The molecule has 0 saturated heterocycles. The number of hydrogen-bond acceptors (Lipinski definition) is 3. The smallest absolute Gasteiger partial charge is 0.237 e. The molecule has 5 aromatic heterocycles. The van der Waals surface area contributed by atoms with E-state index in [4.69, 9.17) is 14.4 Å². The first-order valence-electron chi connectivity index (χ1n) is 19.9. The quantitative estimate of drug-likeness (QED) is 0.159. The van der Waals surface area contributed by atoms with E-state index in [-0.39, 0.29) is 0 Å². The van der Waals surface area contributed by atoms with Crippen LogP contribution in [0.5, 0.6) is 0 Å². The van der Waals surface area contributed by atoms with E-state index < -0.39 is 0 Å². The Morgan fingerprint density at radius 3 is 1.80 bits per heavy atom. The van der Waals surface area contributed by atoms with Gasteiger partial charge in [-0.05, 0) is 73.2 Å². The molecule has 6 nitrogen and oxygen atoms in total. The molecule has 0 unspecified atom stereocenters. The van der Waals surface area contributed by atoms with Crippen LogP contribution in [-0.2, 0) is 0 Å². The minimum absolute atomic E-state index is 0.602. The molecule has 0 radical (unpaired) electrons. The van der Waals surface area contributed by atoms with Crippen LogP contribution in [0.1, 0.15) is 11.3 Å². The second-order valence-corrected chi connectivity index (χ2v) is 15.1. The molecule has 7 aromatic carbocycles. The molecule has 0 aliphatic heterocycles. The van der Waals surface area contributed by atoms with Crippen LogP contribution in [0.2, 0.25) is 0 Å². The summed E-state index contributed by atoms with van der Waals surface area (Å²) in [4.78, 5) is 10.9. The van der Waals surface area contributed by atoms with Gasteiger partial charge in [0.25, 0.3) is 0 Å². The van der Waals surface area contributed by atoms with Gasteiger partial charge in [-0.2, -0.15) is 4.98 Å². The molecule has 0 aliphatic rings. The molecule has 0 atom stereocenters. The summed E-state index contributed by atoms with van der Waals surface area (Å²) in [5.41, 5.74) is 12.3. The Kier molecular flexibility index (Phi) is 7.19. The van der Waals surface area contributed by atoms with E-state index in [2.05, 4.69) is 185 Å². The summed E-state index contributed by atoms with van der Waals surface area (Å²) >= 11 is 0. The first-order valence-corrected chi connectivity index (χ1v) is 19.9. The summed E-state index contributed by atoms with van der Waals surface area (Å²) in [6.07, 6.45) is 5.93. The molecule has 12 aromatic rings. The van der Waals surface area contributed by atoms with Gasteiger partial charge in [0.2, 0.25) is 5.95 Å². The van der Waals surface area contributed by atoms with Crippen molar-refractivity contribution < 1.29 is 4.42 Å². The summed E-state index contributed by atoms with van der Waals surface area (Å²) < 4.78 is 13.2. The summed E-state index contributed by atoms with van der Waals surface area (Å²) in [6, 6.07) is 57.7. The average Bonchev–Trinajstić information content (AvgIpc) is 4.02. The minimum atomic E-state index is 0.602. The Morgan fingerprint density at radius 2 is 1.08 bits per heavy atom. The van der Waals surface area contributed by atoms with Crippen molar-refractivity contribution in [2.24, 2.45) is 0 Å². The summed E-state index contributed by atoms with van der Waals surface area (Å²) in [5.74, 6) is 1.38. The third-order valence-corrected chi connectivity index (χ3v) is 11.9. The Labute approximate surface area is 338 Å². The lowest BCUT2D eigenvalue weighted by atomic mass is 10.1. The van der Waals surface area contributed by atoms with E-state index in [0.717, 1.165) is 99.5 Å². The van der Waals surface area contributed by atoms with E-state index in [1.807, 2.05) is 24.3 Å². The third kappa shape index (κ3) is 4.87. The van der Waals surface area contributed by atoms with Crippen molar-refractivity contribution in [1.82, 2.24) is 23.7 Å². The van der Waals surface area contributed by atoms with Gasteiger partial charge >= 0.3 is 0 Å². The fraction of sp³-hybridized carbons (Fsp3) is 0.0189. The van der Waals surface area contributed by atoms with Crippen molar-refractivity contribution in [3.05, 3.63) is 194 Å². The molecular formula is C53H35N5O. The second kappa shape index (κ2) is 12.8. The van der Waals surface area contributed by atoms with Crippen molar-refractivity contribution in [3.8, 4) is 28.7 Å². The molecule has 0 N–H and O–H groups in total. The number of hydrogen-bond donors (Lipinski definition) is 0. The zero-order chi connectivity index (χ0) is 39.2. The SMILES string of the molecule is C=C/C=C\c1c(C)c2ccccc2n1-c1cc(-c2ccc3c(c2)c2ccccc2n3-c2cccc3oc4ccccc4c23)nc(-n2c3ccccc3c3ccccc32)n1. The molecule has 5 heterocycles. The zero-order valence-corrected chi connectivity index (χ0v) is 32.2. The highest BCUT2D eigenvalue weighted by molar-refractivity contribution is 6.15. The van der Waals surface area contributed by atoms with Crippen molar-refractivity contribution in [3.63, 3.8) is 0 Å². The predicted molar refractivity (Wildman–Crippen MR) is 244 cm³/mol. The molecule has 278 valence electrons. The van der Waals surface area contributed by atoms with Gasteiger partial charge in [-0.1, -0.05) is 122 Å². The average molecular weight is 758 g/mol. The van der Waals surface area contributed by atoms with Crippen molar-refractivity contribution >= 4 is 82.5 Å². The van der Waals surface area contributed by atoms with Crippen molar-refractivity contribution in [2.75, 3.05) is 0 Å². The molecule has 0 bridgehead atoms. The number of nitrogens with zero attached hydrogens (tertiary/aromatic N) is 5. The van der Waals surface area contributed by atoms with E-state index in [1.54, 1.807) is 0 Å². The summed E-state index contributed by atoms with van der Waals surface area (Å²) in [7, 11) is 0. The number of allylic oxidation sites excluding steroid dienone is 2. The summed E-state index contributed by atoms with van der Waals surface area (Å²) in [5, 5.41) is 7.98. The van der Waals surface area contributed by atoms with Crippen LogP contribution in [0.25, 0.3) is 111 Å². The van der Waals surface area contributed by atoms with E-state index in [0.29, 0.717) is 5.95 Å². The topological polar surface area (TPSA) is 53.7 Å². The summed E-state index contributed by atoms with van der Waals surface area (Å²) in [6.45, 7) is 6.16. The van der Waals surface area contributed by atoms with Crippen LogP contribution in [0.15, 0.2) is 187 Å². The highest BCUT2D eigenvalue weighted by Crippen LogP contribution is 2.41. The predicted octanol–water partition coefficient (Wildman–Crippen LogP) is 13.7. The number of para-hydroxylation sites is 5. The van der Waals surface area contributed by atoms with Gasteiger partial charge in [0, 0.05) is 43.9 Å². The molecule has 0 aliphatic carbocycles. The van der Waals surface area contributed by atoms with Gasteiger partial charge in [-0.15, -0.1) is 0 Å². The zero-order valence-electron chi connectivity index (χ0n) is 32.2. The Morgan fingerprint density at radius 1 is 0.508 bits per heavy atom. The molecule has 0 fully saturated rings. The Hall–Kier alpha value is -7.96. The molecular weight excluding hydrogens is 723 g/mol. The first-order chi connectivity index (χ1) is 29.2. The number of aromatic nitrogens is 5. The highest BCUT2D eigenvalue weighted by Gasteiger charge is 2.22. The lowest BCUT2D eigenvalue weighted by molar-refractivity contribution is 0.669. The fourth-order valence-electron chi connectivity index (χ4n) is 9.28. The first kappa shape index (κ1) is 33.2. The van der Waals surface area contributed by atoms with Crippen LogP contribution < -0.4 is 0 Å². The highest BCUT2D eigenvalue weighted by atomic mass is 16.3. The van der Waals surface area contributed by atoms with Crippen LogP contribution >= 0.6 is 0 Å². The monoisotopic (exact) mass is 757 g/mol. The maximum Gasteiger partial charge on any atom is 0.237 e. The molecule has 0 amide bonds. The second-order valence-electron chi connectivity index (χ2n) is 15.1. The largest absolute Gasteiger partial charge is 0.456 e. The van der Waals surface area contributed by atoms with Crippen molar-refractivity contribution in [1.29, 1.82) is 0 Å². The van der Waals surface area contributed by atoms with E-state index in [1.165, 1.54) is 10.9 Å².